The van der Waals surface area contributed by atoms with E-state index in [9.17, 15) is 0 Å². The van der Waals surface area contributed by atoms with Crippen molar-refractivity contribution in [3.8, 4) is 28.5 Å². The molecular formula is C43H31N3O. The minimum atomic E-state index is -0.198. The molecule has 224 valence electrons. The highest BCUT2D eigenvalue weighted by molar-refractivity contribution is 5.88. The fraction of sp³-hybridized carbons (Fsp3) is 0.0930. The lowest BCUT2D eigenvalue weighted by molar-refractivity contribution is 0.281. The Balaban J connectivity index is 1.14. The van der Waals surface area contributed by atoms with Crippen molar-refractivity contribution in [1.82, 2.24) is 15.0 Å². The summed E-state index contributed by atoms with van der Waals surface area (Å²) in [6, 6.07) is 46.3. The Morgan fingerprint density at radius 1 is 0.489 bits per heavy atom. The van der Waals surface area contributed by atoms with Gasteiger partial charge in [0.2, 0.25) is 0 Å². The van der Waals surface area contributed by atoms with Crippen LogP contribution >= 0.6 is 0 Å². The molecule has 47 heavy (non-hydrogen) atoms. The van der Waals surface area contributed by atoms with Gasteiger partial charge in [-0.25, -0.2) is 15.0 Å². The van der Waals surface area contributed by atoms with Crippen LogP contribution in [-0.4, -0.2) is 21.1 Å². The van der Waals surface area contributed by atoms with Crippen LogP contribution in [-0.2, 0) is 6.42 Å². The molecule has 1 aliphatic heterocycles. The van der Waals surface area contributed by atoms with Crippen molar-refractivity contribution in [3.63, 3.8) is 0 Å². The van der Waals surface area contributed by atoms with Gasteiger partial charge >= 0.3 is 0 Å². The average molecular weight is 606 g/mol. The van der Waals surface area contributed by atoms with Crippen molar-refractivity contribution < 1.29 is 4.74 Å². The van der Waals surface area contributed by atoms with E-state index >= 15 is 0 Å². The lowest BCUT2D eigenvalue weighted by atomic mass is 9.78. The Morgan fingerprint density at radius 3 is 1.83 bits per heavy atom. The Kier molecular flexibility index (Phi) is 6.71. The number of benzene rings is 5. The molecule has 0 saturated carbocycles. The number of aromatic nitrogens is 3. The summed E-state index contributed by atoms with van der Waals surface area (Å²) in [7, 11) is 0. The molecule has 1 aromatic heterocycles. The van der Waals surface area contributed by atoms with E-state index in [2.05, 4.69) is 85.0 Å². The molecule has 2 atom stereocenters. The Hall–Kier alpha value is -5.87. The maximum absolute atomic E-state index is 6.75. The quantitative estimate of drug-likeness (QED) is 0.196. The molecule has 2 aliphatic carbocycles. The van der Waals surface area contributed by atoms with Gasteiger partial charge in [-0.05, 0) is 46.7 Å². The number of hydrogen-bond donors (Lipinski definition) is 0. The molecule has 2 heterocycles. The molecule has 0 amide bonds. The van der Waals surface area contributed by atoms with Crippen molar-refractivity contribution in [1.29, 1.82) is 0 Å². The summed E-state index contributed by atoms with van der Waals surface area (Å²) in [6.45, 7) is 0. The van der Waals surface area contributed by atoms with Gasteiger partial charge in [-0.2, -0.15) is 0 Å². The van der Waals surface area contributed by atoms with Crippen LogP contribution in [0.15, 0.2) is 146 Å². The molecule has 4 heteroatoms. The third-order valence-corrected chi connectivity index (χ3v) is 9.49. The second-order valence-electron chi connectivity index (χ2n) is 12.3. The zero-order valence-corrected chi connectivity index (χ0v) is 25.8. The Labute approximate surface area is 274 Å². The highest BCUT2D eigenvalue weighted by atomic mass is 16.5. The van der Waals surface area contributed by atoms with Crippen molar-refractivity contribution >= 4 is 22.8 Å². The summed E-state index contributed by atoms with van der Waals surface area (Å²) in [6.07, 6.45) is 8.66. The summed E-state index contributed by atoms with van der Waals surface area (Å²) in [5, 5.41) is 0. The van der Waals surface area contributed by atoms with Gasteiger partial charge in [0.25, 0.3) is 0 Å². The van der Waals surface area contributed by atoms with E-state index in [1.165, 1.54) is 22.3 Å². The normalized spacial score (nSPS) is 17.7. The SMILES string of the molecule is C1=C(c2ccc(C3=CC=C(c4nc(-c5ccccc5)nc(-c5ccccc5)n4)C4c5ccccc5O[C@H]34)cc2)CCc2ccccc21. The number of rotatable bonds is 5. The number of fused-ring (bicyclic) bond motifs is 4. The van der Waals surface area contributed by atoms with Crippen LogP contribution in [0.4, 0.5) is 0 Å². The van der Waals surface area contributed by atoms with Crippen LogP contribution in [0.25, 0.3) is 45.6 Å². The summed E-state index contributed by atoms with van der Waals surface area (Å²) < 4.78 is 6.75. The number of hydrogen-bond acceptors (Lipinski definition) is 4. The second-order valence-corrected chi connectivity index (χ2v) is 12.3. The smallest absolute Gasteiger partial charge is 0.164 e. The van der Waals surface area contributed by atoms with Crippen molar-refractivity contribution in [3.05, 3.63) is 179 Å². The van der Waals surface area contributed by atoms with Gasteiger partial charge < -0.3 is 4.74 Å². The first-order valence-electron chi connectivity index (χ1n) is 16.2. The Morgan fingerprint density at radius 2 is 1.09 bits per heavy atom. The van der Waals surface area contributed by atoms with E-state index in [4.69, 9.17) is 19.7 Å². The number of para-hydroxylation sites is 1. The first kappa shape index (κ1) is 27.4. The second kappa shape index (κ2) is 11.5. The summed E-state index contributed by atoms with van der Waals surface area (Å²) in [5.41, 5.74) is 11.8. The molecule has 9 rings (SSSR count). The number of aryl methyl sites for hydroxylation is 1. The van der Waals surface area contributed by atoms with E-state index in [0.717, 1.165) is 52.0 Å². The maximum atomic E-state index is 6.75. The lowest BCUT2D eigenvalue weighted by Crippen LogP contribution is -2.25. The molecule has 6 aromatic rings. The minimum absolute atomic E-state index is 0.0573. The van der Waals surface area contributed by atoms with Gasteiger partial charge in [0.1, 0.15) is 11.9 Å². The molecule has 4 nitrogen and oxygen atoms in total. The van der Waals surface area contributed by atoms with Crippen LogP contribution < -0.4 is 4.74 Å². The third kappa shape index (κ3) is 4.99. The zero-order valence-electron chi connectivity index (χ0n) is 25.8. The van der Waals surface area contributed by atoms with Crippen LogP contribution in [0.2, 0.25) is 0 Å². The summed E-state index contributed by atoms with van der Waals surface area (Å²) >= 11 is 0. The molecule has 0 spiro atoms. The van der Waals surface area contributed by atoms with Crippen LogP contribution in [0.1, 0.15) is 46.0 Å². The number of ether oxygens (including phenoxy) is 1. The highest BCUT2D eigenvalue weighted by Crippen LogP contribution is 2.51. The minimum Gasteiger partial charge on any atom is -0.484 e. The third-order valence-electron chi connectivity index (χ3n) is 9.49. The van der Waals surface area contributed by atoms with Gasteiger partial charge in [0.15, 0.2) is 17.5 Å². The van der Waals surface area contributed by atoms with E-state index < -0.39 is 0 Å². The highest BCUT2D eigenvalue weighted by Gasteiger charge is 2.42. The van der Waals surface area contributed by atoms with Gasteiger partial charge in [-0.15, -0.1) is 0 Å². The fourth-order valence-electron chi connectivity index (χ4n) is 7.11. The van der Waals surface area contributed by atoms with Crippen molar-refractivity contribution in [2.75, 3.05) is 0 Å². The topological polar surface area (TPSA) is 47.9 Å². The van der Waals surface area contributed by atoms with E-state index in [-0.39, 0.29) is 12.0 Å². The predicted octanol–water partition coefficient (Wildman–Crippen LogP) is 9.72. The van der Waals surface area contributed by atoms with E-state index in [1.54, 1.807) is 0 Å². The van der Waals surface area contributed by atoms with E-state index in [0.29, 0.717) is 17.5 Å². The molecular weight excluding hydrogens is 574 g/mol. The van der Waals surface area contributed by atoms with E-state index in [1.807, 2.05) is 66.7 Å². The monoisotopic (exact) mass is 605 g/mol. The van der Waals surface area contributed by atoms with Gasteiger partial charge in [-0.3, -0.25) is 0 Å². The standard InChI is InChI=1S/C43H31N3O/c1-3-12-31(13-4-1)41-44-42(32-14-5-2-6-15-32)46-43(45-41)37-26-25-35(40-39(37)36-17-9-10-18-38(36)47-40)30-22-19-29(20-23-30)34-24-21-28-11-7-8-16-33(28)27-34/h1-20,22-23,25-27,39-40H,21,24H2/t39?,40-/m1/s1. The van der Waals surface area contributed by atoms with Crippen molar-refractivity contribution in [2.45, 2.75) is 24.9 Å². The van der Waals surface area contributed by atoms with Crippen LogP contribution in [0.3, 0.4) is 0 Å². The van der Waals surface area contributed by atoms with Crippen LogP contribution in [0, 0.1) is 0 Å². The van der Waals surface area contributed by atoms with Gasteiger partial charge in [0.05, 0.1) is 5.92 Å². The number of allylic oxidation sites excluding steroid dienone is 3. The molecule has 0 fully saturated rings. The molecule has 0 radical (unpaired) electrons. The van der Waals surface area contributed by atoms with Gasteiger partial charge in [0, 0.05) is 27.8 Å². The largest absolute Gasteiger partial charge is 0.484 e. The summed E-state index contributed by atoms with van der Waals surface area (Å²) in [4.78, 5) is 15.1. The first-order chi connectivity index (χ1) is 23.3. The number of nitrogens with zero attached hydrogens (tertiary/aromatic N) is 3. The van der Waals surface area contributed by atoms with Crippen molar-refractivity contribution in [2.24, 2.45) is 0 Å². The summed E-state index contributed by atoms with van der Waals surface area (Å²) in [5.74, 6) is 2.83. The average Bonchev–Trinajstić information content (AvgIpc) is 3.55. The zero-order chi connectivity index (χ0) is 31.2. The van der Waals surface area contributed by atoms with Gasteiger partial charge in [-0.1, -0.05) is 146 Å². The Bertz CT molecular complexity index is 2160. The van der Waals surface area contributed by atoms with Crippen LogP contribution in [0.5, 0.6) is 5.75 Å². The fourth-order valence-corrected chi connectivity index (χ4v) is 7.11. The predicted molar refractivity (Wildman–Crippen MR) is 189 cm³/mol. The molecule has 3 aliphatic rings. The molecule has 0 N–H and O–H groups in total. The molecule has 0 bridgehead atoms. The first-order valence-corrected chi connectivity index (χ1v) is 16.2. The molecule has 0 saturated heterocycles. The molecule has 1 unspecified atom stereocenters. The lowest BCUT2D eigenvalue weighted by Gasteiger charge is -2.28. The molecule has 5 aromatic carbocycles. The maximum Gasteiger partial charge on any atom is 0.164 e.